The lowest BCUT2D eigenvalue weighted by molar-refractivity contribution is 0.0954. The van der Waals surface area contributed by atoms with E-state index in [2.05, 4.69) is 10.5 Å². The molecule has 1 amide bonds. The van der Waals surface area contributed by atoms with E-state index in [-0.39, 0.29) is 10.5 Å². The fourth-order valence-electron chi connectivity index (χ4n) is 2.93. The van der Waals surface area contributed by atoms with Gasteiger partial charge in [0.25, 0.3) is 5.91 Å². The van der Waals surface area contributed by atoms with Crippen LogP contribution in [0.5, 0.6) is 0 Å². The van der Waals surface area contributed by atoms with Crippen molar-refractivity contribution in [1.29, 1.82) is 0 Å². The Bertz CT molecular complexity index is 960. The Labute approximate surface area is 159 Å². The van der Waals surface area contributed by atoms with Crippen LogP contribution in [0.1, 0.15) is 41.3 Å². The van der Waals surface area contributed by atoms with E-state index >= 15 is 0 Å². The summed E-state index contributed by atoms with van der Waals surface area (Å²) in [6, 6.07) is 13.9. The molecule has 0 unspecified atom stereocenters. The fourth-order valence-corrected chi connectivity index (χ4v) is 4.50. The van der Waals surface area contributed by atoms with Gasteiger partial charge in [0.15, 0.2) is 0 Å². The van der Waals surface area contributed by atoms with E-state index in [0.717, 1.165) is 24.0 Å². The minimum absolute atomic E-state index is 0.135. The third-order valence-corrected chi connectivity index (χ3v) is 6.49. The maximum absolute atomic E-state index is 12.7. The Morgan fingerprint density at radius 1 is 1.04 bits per heavy atom. The number of hydrogen-bond acceptors (Lipinski definition) is 4. The van der Waals surface area contributed by atoms with Crippen LogP contribution in [0.15, 0.2) is 58.5 Å². The molecule has 3 rings (SSSR count). The second kappa shape index (κ2) is 8.02. The van der Waals surface area contributed by atoms with Gasteiger partial charge in [0.1, 0.15) is 0 Å². The van der Waals surface area contributed by atoms with Gasteiger partial charge in [-0.1, -0.05) is 35.9 Å². The van der Waals surface area contributed by atoms with Crippen molar-refractivity contribution in [2.75, 3.05) is 13.1 Å². The Hall–Kier alpha value is -2.51. The van der Waals surface area contributed by atoms with Crippen molar-refractivity contribution in [3.8, 4) is 0 Å². The lowest BCUT2D eigenvalue weighted by Gasteiger charge is -2.15. The van der Waals surface area contributed by atoms with Crippen LogP contribution < -0.4 is 5.43 Å². The second-order valence-corrected chi connectivity index (χ2v) is 8.58. The van der Waals surface area contributed by atoms with Crippen LogP contribution in [-0.2, 0) is 10.0 Å². The highest BCUT2D eigenvalue weighted by Crippen LogP contribution is 2.21. The van der Waals surface area contributed by atoms with E-state index in [1.165, 1.54) is 16.4 Å². The summed E-state index contributed by atoms with van der Waals surface area (Å²) < 4.78 is 26.8. The normalized spacial score (nSPS) is 15.7. The number of nitrogens with one attached hydrogen (secondary N) is 1. The first-order valence-corrected chi connectivity index (χ1v) is 10.3. The summed E-state index contributed by atoms with van der Waals surface area (Å²) in [6.45, 7) is 4.86. The molecular weight excluding hydrogens is 362 g/mol. The van der Waals surface area contributed by atoms with Crippen molar-refractivity contribution in [1.82, 2.24) is 9.73 Å². The predicted octanol–water partition coefficient (Wildman–Crippen LogP) is 2.93. The minimum atomic E-state index is -3.56. The molecule has 142 valence electrons. The summed E-state index contributed by atoms with van der Waals surface area (Å²) in [5.41, 5.74) is 5.48. The first-order valence-electron chi connectivity index (χ1n) is 8.90. The summed E-state index contributed by atoms with van der Waals surface area (Å²) in [7, 11) is -3.56. The van der Waals surface area contributed by atoms with Crippen LogP contribution in [-0.4, -0.2) is 37.4 Å². The van der Waals surface area contributed by atoms with Crippen molar-refractivity contribution in [2.24, 2.45) is 5.10 Å². The van der Waals surface area contributed by atoms with E-state index < -0.39 is 15.9 Å². The van der Waals surface area contributed by atoms with Crippen LogP contribution in [0.4, 0.5) is 0 Å². The average Bonchev–Trinajstić information content (AvgIpc) is 3.22. The smallest absolute Gasteiger partial charge is 0.267 e. The van der Waals surface area contributed by atoms with Crippen molar-refractivity contribution >= 4 is 21.6 Å². The third-order valence-electron chi connectivity index (χ3n) is 4.59. The van der Waals surface area contributed by atoms with Gasteiger partial charge in [-0.2, -0.15) is 9.41 Å². The van der Waals surface area contributed by atoms with Crippen LogP contribution in [0, 0.1) is 6.92 Å². The standard InChI is InChI=1S/C20H23N3O3S/c1-15-8-10-17(11-9-15)16(2)21-22-20(24)18-6-5-7-19(14-18)27(25,26)23-12-3-4-13-23/h5-11,14H,3-4,12-13H2,1-2H3,(H,22,24)/b21-16-. The van der Waals surface area contributed by atoms with Gasteiger partial charge in [0.2, 0.25) is 10.0 Å². The van der Waals surface area contributed by atoms with Crippen LogP contribution in [0.3, 0.4) is 0 Å². The van der Waals surface area contributed by atoms with Gasteiger partial charge in [-0.15, -0.1) is 0 Å². The molecule has 1 saturated heterocycles. The Morgan fingerprint density at radius 2 is 1.70 bits per heavy atom. The number of hydrogen-bond donors (Lipinski definition) is 1. The molecule has 27 heavy (non-hydrogen) atoms. The average molecular weight is 385 g/mol. The molecule has 0 saturated carbocycles. The van der Waals surface area contributed by atoms with Crippen molar-refractivity contribution < 1.29 is 13.2 Å². The molecule has 2 aromatic carbocycles. The molecule has 0 radical (unpaired) electrons. The number of carbonyl (C=O) groups is 1. The molecule has 1 heterocycles. The van der Waals surface area contributed by atoms with E-state index in [1.54, 1.807) is 19.1 Å². The highest BCUT2D eigenvalue weighted by Gasteiger charge is 2.27. The lowest BCUT2D eigenvalue weighted by Crippen LogP contribution is -2.28. The monoisotopic (exact) mass is 385 g/mol. The van der Waals surface area contributed by atoms with Gasteiger partial charge >= 0.3 is 0 Å². The molecule has 2 aromatic rings. The first kappa shape index (κ1) is 19.3. The largest absolute Gasteiger partial charge is 0.271 e. The summed E-state index contributed by atoms with van der Waals surface area (Å²) in [4.78, 5) is 12.5. The number of nitrogens with zero attached hydrogens (tertiary/aromatic N) is 2. The number of carbonyl (C=O) groups excluding carboxylic acids is 1. The molecule has 7 heteroatoms. The number of rotatable bonds is 5. The molecule has 0 atom stereocenters. The van der Waals surface area contributed by atoms with E-state index in [0.29, 0.717) is 18.8 Å². The molecule has 0 aromatic heterocycles. The summed E-state index contributed by atoms with van der Waals surface area (Å²) in [5, 5.41) is 4.13. The number of sulfonamides is 1. The van der Waals surface area contributed by atoms with Crippen LogP contribution >= 0.6 is 0 Å². The first-order chi connectivity index (χ1) is 12.9. The lowest BCUT2D eigenvalue weighted by atomic mass is 10.1. The van der Waals surface area contributed by atoms with Gasteiger partial charge in [-0.25, -0.2) is 13.8 Å². The van der Waals surface area contributed by atoms with Crippen molar-refractivity contribution in [3.63, 3.8) is 0 Å². The minimum Gasteiger partial charge on any atom is -0.267 e. The maximum atomic E-state index is 12.7. The zero-order chi connectivity index (χ0) is 19.4. The SMILES string of the molecule is C/C(=N/NC(=O)c1cccc(S(=O)(=O)N2CCCC2)c1)c1ccc(C)cc1. The maximum Gasteiger partial charge on any atom is 0.271 e. The number of hydrazone groups is 1. The van der Waals surface area contributed by atoms with Gasteiger partial charge in [-0.3, -0.25) is 4.79 Å². The van der Waals surface area contributed by atoms with E-state index in [4.69, 9.17) is 0 Å². The van der Waals surface area contributed by atoms with Crippen molar-refractivity contribution in [3.05, 3.63) is 65.2 Å². The summed E-state index contributed by atoms with van der Waals surface area (Å²) >= 11 is 0. The Morgan fingerprint density at radius 3 is 2.37 bits per heavy atom. The van der Waals surface area contributed by atoms with E-state index in [1.807, 2.05) is 31.2 Å². The second-order valence-electron chi connectivity index (χ2n) is 6.64. The summed E-state index contributed by atoms with van der Waals surface area (Å²) in [5.74, 6) is -0.445. The van der Waals surface area contributed by atoms with Crippen LogP contribution in [0.2, 0.25) is 0 Å². The molecule has 0 aliphatic carbocycles. The molecule has 0 bridgehead atoms. The number of amides is 1. The molecule has 1 aliphatic rings. The number of aryl methyl sites for hydroxylation is 1. The van der Waals surface area contributed by atoms with Gasteiger partial charge < -0.3 is 0 Å². The van der Waals surface area contributed by atoms with Crippen molar-refractivity contribution in [2.45, 2.75) is 31.6 Å². The summed E-state index contributed by atoms with van der Waals surface area (Å²) in [6.07, 6.45) is 1.73. The molecule has 1 aliphatic heterocycles. The zero-order valence-electron chi connectivity index (χ0n) is 15.5. The predicted molar refractivity (Wildman–Crippen MR) is 105 cm³/mol. The number of benzene rings is 2. The third kappa shape index (κ3) is 4.43. The highest BCUT2D eigenvalue weighted by molar-refractivity contribution is 7.89. The molecule has 0 spiro atoms. The van der Waals surface area contributed by atoms with Crippen LogP contribution in [0.25, 0.3) is 0 Å². The topological polar surface area (TPSA) is 78.8 Å². The Kier molecular flexibility index (Phi) is 5.72. The zero-order valence-corrected chi connectivity index (χ0v) is 16.3. The molecular formula is C20H23N3O3S. The molecule has 6 nitrogen and oxygen atoms in total. The van der Waals surface area contributed by atoms with E-state index in [9.17, 15) is 13.2 Å². The Balaban J connectivity index is 1.75. The van der Waals surface area contributed by atoms with Gasteiger partial charge in [-0.05, 0) is 50.5 Å². The molecule has 1 fully saturated rings. The van der Waals surface area contributed by atoms with Gasteiger partial charge in [0, 0.05) is 18.7 Å². The quantitative estimate of drug-likeness (QED) is 0.635. The highest BCUT2D eigenvalue weighted by atomic mass is 32.2. The van der Waals surface area contributed by atoms with Gasteiger partial charge in [0.05, 0.1) is 10.6 Å². The molecule has 1 N–H and O–H groups in total. The fraction of sp³-hybridized carbons (Fsp3) is 0.300.